The summed E-state index contributed by atoms with van der Waals surface area (Å²) in [4.78, 5) is 31.6. The molecule has 1 atom stereocenters. The van der Waals surface area contributed by atoms with Gasteiger partial charge in [0.25, 0.3) is 5.56 Å². The molecule has 7 nitrogen and oxygen atoms in total. The van der Waals surface area contributed by atoms with E-state index in [1.807, 2.05) is 24.3 Å². The van der Waals surface area contributed by atoms with Gasteiger partial charge in [-0.05, 0) is 55.6 Å². The molecule has 10 heteroatoms. The second-order valence-electron chi connectivity index (χ2n) is 9.01. The van der Waals surface area contributed by atoms with Crippen molar-refractivity contribution in [3.05, 3.63) is 86.0 Å². The molecule has 182 valence electrons. The van der Waals surface area contributed by atoms with Crippen LogP contribution in [-0.4, -0.2) is 33.8 Å². The van der Waals surface area contributed by atoms with Gasteiger partial charge in [0, 0.05) is 23.6 Å². The van der Waals surface area contributed by atoms with E-state index in [0.29, 0.717) is 32.1 Å². The minimum absolute atomic E-state index is 0.281. The number of nitrogens with zero attached hydrogens (tertiary/aromatic N) is 2. The minimum Gasteiger partial charge on any atom is -0.465 e. The lowest BCUT2D eigenvalue weighted by Crippen LogP contribution is -2.60. The number of benzene rings is 2. The number of nitrogens with one attached hydrogen (secondary N) is 2. The summed E-state index contributed by atoms with van der Waals surface area (Å²) in [5, 5.41) is 17.1. The Kier molecular flexibility index (Phi) is 6.34. The highest BCUT2D eigenvalue weighted by Crippen LogP contribution is 2.57. The van der Waals surface area contributed by atoms with Gasteiger partial charge in [-0.1, -0.05) is 65.3 Å². The zero-order chi connectivity index (χ0) is 24.8. The number of hydrogen-bond donors (Lipinski definition) is 3. The molecule has 2 heterocycles. The summed E-state index contributed by atoms with van der Waals surface area (Å²) in [5.74, 6) is 0.387. The zero-order valence-corrected chi connectivity index (χ0v) is 21.3. The van der Waals surface area contributed by atoms with Crippen LogP contribution in [0.4, 0.5) is 4.79 Å². The monoisotopic (exact) mass is 530 g/mol. The van der Waals surface area contributed by atoms with Gasteiger partial charge in [0.2, 0.25) is 0 Å². The summed E-state index contributed by atoms with van der Waals surface area (Å²) in [7, 11) is 1.65. The zero-order valence-electron chi connectivity index (χ0n) is 19.0. The second-order valence-corrected chi connectivity index (χ2v) is 10.9. The number of carbonyl (C=O) groups is 1. The van der Waals surface area contributed by atoms with Crippen LogP contribution in [0.2, 0.25) is 10.0 Å². The van der Waals surface area contributed by atoms with Gasteiger partial charge in [-0.3, -0.25) is 9.36 Å². The first kappa shape index (κ1) is 24.2. The fourth-order valence-corrected chi connectivity index (χ4v) is 7.06. The predicted molar refractivity (Wildman–Crippen MR) is 137 cm³/mol. The van der Waals surface area contributed by atoms with Gasteiger partial charge in [0.1, 0.15) is 11.4 Å². The summed E-state index contributed by atoms with van der Waals surface area (Å²) in [6.07, 6.45) is 2.55. The molecule has 0 unspecified atom stereocenters. The van der Waals surface area contributed by atoms with E-state index in [0.717, 1.165) is 37.1 Å². The number of halogens is 2. The number of rotatable bonds is 4. The summed E-state index contributed by atoms with van der Waals surface area (Å²) >= 11 is 13.7. The SMILES string of the molecule is Cn1c([C@]2(NC(=O)O)c3ccccc3CC23CCNCC3)ncc(Sc2cccc(Cl)c2Cl)c1=O. The number of aromatic nitrogens is 2. The molecule has 35 heavy (non-hydrogen) atoms. The lowest BCUT2D eigenvalue weighted by Gasteiger charge is -2.48. The molecular weight excluding hydrogens is 507 g/mol. The van der Waals surface area contributed by atoms with Gasteiger partial charge in [-0.15, -0.1) is 0 Å². The average molecular weight is 531 g/mol. The highest BCUT2D eigenvalue weighted by atomic mass is 35.5. The maximum absolute atomic E-state index is 13.6. The number of piperidine rings is 1. The third kappa shape index (κ3) is 3.83. The van der Waals surface area contributed by atoms with Crippen molar-refractivity contribution in [2.24, 2.45) is 12.5 Å². The molecule has 0 saturated carbocycles. The Labute approximate surface area is 216 Å². The largest absolute Gasteiger partial charge is 0.465 e. The average Bonchev–Trinajstić information content (AvgIpc) is 3.09. The maximum atomic E-state index is 13.6. The highest BCUT2D eigenvalue weighted by molar-refractivity contribution is 7.99. The van der Waals surface area contributed by atoms with E-state index in [9.17, 15) is 14.7 Å². The van der Waals surface area contributed by atoms with Crippen molar-refractivity contribution < 1.29 is 9.90 Å². The Morgan fingerprint density at radius 3 is 2.63 bits per heavy atom. The van der Waals surface area contributed by atoms with E-state index in [2.05, 4.69) is 10.6 Å². The molecule has 1 amide bonds. The molecule has 3 N–H and O–H groups in total. The van der Waals surface area contributed by atoms with Crippen molar-refractivity contribution in [3.63, 3.8) is 0 Å². The standard InChI is InChI=1S/C25H24Cl2N4O3S/c1-31-21(32)19(35-18-8-4-7-17(26)20(18)27)14-29-22(31)25(30-23(33)34)16-6-3-2-5-15(16)13-24(25)9-11-28-12-10-24/h2-8,14,28,30H,9-13H2,1H3,(H,33,34)/t25-/m1/s1. The maximum Gasteiger partial charge on any atom is 0.405 e. The Hall–Kier alpha value is -2.52. The van der Waals surface area contributed by atoms with E-state index in [1.54, 1.807) is 25.2 Å². The summed E-state index contributed by atoms with van der Waals surface area (Å²) < 4.78 is 1.47. The molecule has 0 radical (unpaired) electrons. The van der Waals surface area contributed by atoms with Crippen LogP contribution in [-0.2, 0) is 19.0 Å². The fraction of sp³-hybridized carbons (Fsp3) is 0.320. The van der Waals surface area contributed by atoms with E-state index >= 15 is 0 Å². The van der Waals surface area contributed by atoms with Crippen LogP contribution < -0.4 is 16.2 Å². The van der Waals surface area contributed by atoms with Crippen molar-refractivity contribution in [2.45, 2.75) is 34.6 Å². The van der Waals surface area contributed by atoms with E-state index in [-0.39, 0.29) is 5.56 Å². The first-order chi connectivity index (χ1) is 16.8. The topological polar surface area (TPSA) is 96.2 Å². The first-order valence-electron chi connectivity index (χ1n) is 11.3. The smallest absolute Gasteiger partial charge is 0.405 e. The van der Waals surface area contributed by atoms with E-state index in [1.165, 1.54) is 22.5 Å². The van der Waals surface area contributed by atoms with Crippen LogP contribution in [0.3, 0.4) is 0 Å². The summed E-state index contributed by atoms with van der Waals surface area (Å²) in [5.41, 5.74) is 0.0212. The predicted octanol–water partition coefficient (Wildman–Crippen LogP) is 4.68. The molecule has 1 saturated heterocycles. The normalized spacial score (nSPS) is 20.5. The molecule has 0 bridgehead atoms. The van der Waals surface area contributed by atoms with Crippen LogP contribution in [0.5, 0.6) is 0 Å². The third-order valence-corrected chi connectivity index (χ3v) is 9.20. The number of amides is 1. The molecule has 1 aromatic heterocycles. The molecule has 1 aliphatic carbocycles. The number of hydrogen-bond acceptors (Lipinski definition) is 5. The Morgan fingerprint density at radius 1 is 1.14 bits per heavy atom. The fourth-order valence-electron chi connectivity index (χ4n) is 5.68. The second kappa shape index (κ2) is 9.17. The van der Waals surface area contributed by atoms with Crippen LogP contribution in [0.25, 0.3) is 0 Å². The molecule has 2 aliphatic rings. The lowest BCUT2D eigenvalue weighted by atomic mass is 9.63. The highest BCUT2D eigenvalue weighted by Gasteiger charge is 2.61. The Balaban J connectivity index is 1.70. The van der Waals surface area contributed by atoms with E-state index in [4.69, 9.17) is 28.2 Å². The molecule has 1 fully saturated rings. The van der Waals surface area contributed by atoms with Gasteiger partial charge >= 0.3 is 6.09 Å². The number of fused-ring (bicyclic) bond motifs is 1. The van der Waals surface area contributed by atoms with Gasteiger partial charge in [0.05, 0.1) is 14.9 Å². The van der Waals surface area contributed by atoms with Crippen LogP contribution >= 0.6 is 35.0 Å². The lowest BCUT2D eigenvalue weighted by molar-refractivity contribution is 0.0762. The molecule has 1 spiro atoms. The quantitative estimate of drug-likeness (QED) is 0.453. The van der Waals surface area contributed by atoms with Crippen molar-refractivity contribution in [1.82, 2.24) is 20.2 Å². The number of carboxylic acid groups (broad SMARTS) is 1. The minimum atomic E-state index is -1.16. The Bertz CT molecular complexity index is 1370. The molecule has 5 rings (SSSR count). The van der Waals surface area contributed by atoms with Gasteiger partial charge in [-0.2, -0.15) is 0 Å². The molecule has 3 aromatic rings. The van der Waals surface area contributed by atoms with Crippen molar-refractivity contribution in [3.8, 4) is 0 Å². The third-order valence-electron chi connectivity index (χ3n) is 7.21. The molecule has 2 aromatic carbocycles. The van der Waals surface area contributed by atoms with Crippen LogP contribution in [0, 0.1) is 5.41 Å². The Morgan fingerprint density at radius 2 is 1.89 bits per heavy atom. The van der Waals surface area contributed by atoms with Gasteiger partial charge < -0.3 is 15.7 Å². The van der Waals surface area contributed by atoms with Crippen molar-refractivity contribution >= 4 is 41.1 Å². The van der Waals surface area contributed by atoms with Crippen LogP contribution in [0.15, 0.2) is 63.2 Å². The summed E-state index contributed by atoms with van der Waals surface area (Å²) in [6, 6.07) is 13.1. The van der Waals surface area contributed by atoms with Crippen molar-refractivity contribution in [2.75, 3.05) is 13.1 Å². The van der Waals surface area contributed by atoms with Crippen LogP contribution in [0.1, 0.15) is 29.8 Å². The van der Waals surface area contributed by atoms with E-state index < -0.39 is 17.0 Å². The van der Waals surface area contributed by atoms with Gasteiger partial charge in [0.15, 0.2) is 0 Å². The molecular formula is C25H24Cl2N4O3S. The molecule has 1 aliphatic heterocycles. The van der Waals surface area contributed by atoms with Crippen molar-refractivity contribution in [1.29, 1.82) is 0 Å². The van der Waals surface area contributed by atoms with Gasteiger partial charge in [-0.25, -0.2) is 9.78 Å². The summed E-state index contributed by atoms with van der Waals surface area (Å²) in [6.45, 7) is 1.51. The first-order valence-corrected chi connectivity index (χ1v) is 12.8.